The Morgan fingerprint density at radius 2 is 2.35 bits per heavy atom. The summed E-state index contributed by atoms with van der Waals surface area (Å²) < 4.78 is 0. The highest BCUT2D eigenvalue weighted by molar-refractivity contribution is 5.81. The molecule has 2 aromatic rings. The van der Waals surface area contributed by atoms with Gasteiger partial charge < -0.3 is 10.4 Å². The average Bonchev–Trinajstić information content (AvgIpc) is 2.78. The zero-order valence-electron chi connectivity index (χ0n) is 10.1. The van der Waals surface area contributed by atoms with Crippen molar-refractivity contribution < 1.29 is 5.11 Å². The minimum atomic E-state index is -0.249. The predicted octanol–water partition coefficient (Wildman–Crippen LogP) is 1.81. The van der Waals surface area contributed by atoms with Crippen molar-refractivity contribution in [3.8, 4) is 0 Å². The van der Waals surface area contributed by atoms with Gasteiger partial charge in [0.05, 0.1) is 17.8 Å². The Labute approximate surface area is 101 Å². The smallest absolute Gasteiger partial charge is 0.0695 e. The third kappa shape index (κ3) is 3.05. The molecule has 4 nitrogen and oxygen atoms in total. The second-order valence-corrected chi connectivity index (χ2v) is 4.32. The quantitative estimate of drug-likeness (QED) is 0.713. The number of hydrogen-bond acceptors (Lipinski definition) is 3. The number of rotatable bonds is 6. The molecule has 1 heterocycles. The highest BCUT2D eigenvalue weighted by Crippen LogP contribution is 2.15. The van der Waals surface area contributed by atoms with E-state index in [4.69, 9.17) is 0 Å². The van der Waals surface area contributed by atoms with Gasteiger partial charge >= 0.3 is 0 Å². The van der Waals surface area contributed by atoms with Gasteiger partial charge in [0.1, 0.15) is 0 Å². The summed E-state index contributed by atoms with van der Waals surface area (Å²) in [7, 11) is 0. The lowest BCUT2D eigenvalue weighted by Crippen LogP contribution is -2.26. The lowest BCUT2D eigenvalue weighted by Gasteiger charge is -2.10. The van der Waals surface area contributed by atoms with Crippen LogP contribution in [0.3, 0.4) is 0 Å². The highest BCUT2D eigenvalue weighted by Gasteiger charge is 2.04. The third-order valence-corrected chi connectivity index (χ3v) is 2.88. The molecule has 2 rings (SSSR count). The number of nitrogens with one attached hydrogen (secondary N) is 2. The van der Waals surface area contributed by atoms with E-state index in [1.807, 2.05) is 18.3 Å². The molecule has 0 radical (unpaired) electrons. The van der Waals surface area contributed by atoms with Gasteiger partial charge in [-0.15, -0.1) is 0 Å². The number of nitrogens with zero attached hydrogens (tertiary/aromatic N) is 1. The maximum absolute atomic E-state index is 9.62. The van der Waals surface area contributed by atoms with Gasteiger partial charge in [0, 0.05) is 18.5 Å². The Balaban J connectivity index is 1.92. The van der Waals surface area contributed by atoms with E-state index in [2.05, 4.69) is 28.5 Å². The molecule has 1 aromatic heterocycles. The van der Waals surface area contributed by atoms with Crippen molar-refractivity contribution in [3.05, 3.63) is 30.0 Å². The molecule has 17 heavy (non-hydrogen) atoms. The number of H-pyrrole nitrogens is 1. The van der Waals surface area contributed by atoms with E-state index in [-0.39, 0.29) is 6.10 Å². The van der Waals surface area contributed by atoms with E-state index in [0.717, 1.165) is 30.3 Å². The van der Waals surface area contributed by atoms with E-state index in [0.29, 0.717) is 6.54 Å². The van der Waals surface area contributed by atoms with Gasteiger partial charge in [-0.25, -0.2) is 0 Å². The van der Waals surface area contributed by atoms with Crippen molar-refractivity contribution in [3.63, 3.8) is 0 Å². The molecule has 0 unspecified atom stereocenters. The fourth-order valence-electron chi connectivity index (χ4n) is 1.99. The number of aromatic amines is 1. The molecule has 0 spiro atoms. The first-order chi connectivity index (χ1) is 8.31. The first-order valence-corrected chi connectivity index (χ1v) is 6.11. The van der Waals surface area contributed by atoms with Crippen molar-refractivity contribution in [2.75, 3.05) is 6.54 Å². The van der Waals surface area contributed by atoms with Crippen LogP contribution >= 0.6 is 0 Å². The van der Waals surface area contributed by atoms with Crippen LogP contribution in [0.25, 0.3) is 10.9 Å². The summed E-state index contributed by atoms with van der Waals surface area (Å²) in [4.78, 5) is 0. The summed E-state index contributed by atoms with van der Waals surface area (Å²) in [6.45, 7) is 3.47. The summed E-state index contributed by atoms with van der Waals surface area (Å²) in [5, 5.41) is 21.0. The number of aliphatic hydroxyl groups is 1. The minimum Gasteiger partial charge on any atom is -0.392 e. The lowest BCUT2D eigenvalue weighted by molar-refractivity contribution is 0.160. The average molecular weight is 233 g/mol. The number of aliphatic hydroxyl groups excluding tert-OH is 1. The van der Waals surface area contributed by atoms with Gasteiger partial charge in [-0.1, -0.05) is 31.5 Å². The molecule has 4 heteroatoms. The molecule has 0 aliphatic heterocycles. The van der Waals surface area contributed by atoms with Crippen LogP contribution in [0.4, 0.5) is 0 Å². The lowest BCUT2D eigenvalue weighted by atomic mass is 10.1. The van der Waals surface area contributed by atoms with Gasteiger partial charge in [0.25, 0.3) is 0 Å². The van der Waals surface area contributed by atoms with Gasteiger partial charge in [-0.2, -0.15) is 5.10 Å². The molecule has 0 aliphatic rings. The zero-order chi connectivity index (χ0) is 12.1. The van der Waals surface area contributed by atoms with Crippen LogP contribution in [0, 0.1) is 0 Å². The number of hydrogen-bond donors (Lipinski definition) is 3. The van der Waals surface area contributed by atoms with Crippen LogP contribution in [0.15, 0.2) is 24.4 Å². The Morgan fingerprint density at radius 1 is 1.47 bits per heavy atom. The zero-order valence-corrected chi connectivity index (χ0v) is 10.1. The highest BCUT2D eigenvalue weighted by atomic mass is 16.3. The van der Waals surface area contributed by atoms with Crippen molar-refractivity contribution in [1.29, 1.82) is 0 Å². The maximum Gasteiger partial charge on any atom is 0.0695 e. The Kier molecular flexibility index (Phi) is 4.12. The van der Waals surface area contributed by atoms with E-state index < -0.39 is 0 Å². The molecule has 0 fully saturated rings. The maximum atomic E-state index is 9.62. The molecule has 1 aromatic carbocycles. The molecular weight excluding hydrogens is 214 g/mol. The second-order valence-electron chi connectivity index (χ2n) is 4.32. The fraction of sp³-hybridized carbons (Fsp3) is 0.462. The summed E-state index contributed by atoms with van der Waals surface area (Å²) in [6.07, 6.45) is 3.44. The summed E-state index contributed by atoms with van der Waals surface area (Å²) >= 11 is 0. The number of para-hydroxylation sites is 1. The normalized spacial score (nSPS) is 13.1. The summed E-state index contributed by atoms with van der Waals surface area (Å²) in [6, 6.07) is 6.13. The van der Waals surface area contributed by atoms with E-state index in [9.17, 15) is 5.11 Å². The molecule has 0 aliphatic carbocycles. The first-order valence-electron chi connectivity index (χ1n) is 6.11. The third-order valence-electron chi connectivity index (χ3n) is 2.88. The molecule has 0 saturated carbocycles. The minimum absolute atomic E-state index is 0.249. The van der Waals surface area contributed by atoms with Crippen molar-refractivity contribution in [2.24, 2.45) is 0 Å². The summed E-state index contributed by atoms with van der Waals surface area (Å²) in [5.74, 6) is 0. The predicted molar refractivity (Wildman–Crippen MR) is 68.7 cm³/mol. The monoisotopic (exact) mass is 233 g/mol. The van der Waals surface area contributed by atoms with Gasteiger partial charge in [0.2, 0.25) is 0 Å². The number of aromatic nitrogens is 2. The van der Waals surface area contributed by atoms with Crippen LogP contribution in [0.5, 0.6) is 0 Å². The van der Waals surface area contributed by atoms with Crippen LogP contribution < -0.4 is 5.32 Å². The SMILES string of the molecule is CCC[C@@H](O)CNCc1cccc2cn[nH]c12. The summed E-state index contributed by atoms with van der Waals surface area (Å²) in [5.41, 5.74) is 2.26. The number of fused-ring (bicyclic) bond motifs is 1. The van der Waals surface area contributed by atoms with Crippen LogP contribution in [-0.4, -0.2) is 28.0 Å². The van der Waals surface area contributed by atoms with E-state index in [1.165, 1.54) is 5.56 Å². The van der Waals surface area contributed by atoms with Crippen LogP contribution in [0.1, 0.15) is 25.3 Å². The van der Waals surface area contributed by atoms with Crippen molar-refractivity contribution in [2.45, 2.75) is 32.4 Å². The van der Waals surface area contributed by atoms with Gasteiger partial charge in [0.15, 0.2) is 0 Å². The van der Waals surface area contributed by atoms with E-state index >= 15 is 0 Å². The topological polar surface area (TPSA) is 60.9 Å². The fourth-order valence-corrected chi connectivity index (χ4v) is 1.99. The van der Waals surface area contributed by atoms with Crippen LogP contribution in [-0.2, 0) is 6.54 Å². The van der Waals surface area contributed by atoms with E-state index in [1.54, 1.807) is 0 Å². The standard InChI is InChI=1S/C13H19N3O/c1-2-4-12(17)9-14-7-10-5-3-6-11-8-15-16-13(10)11/h3,5-6,8,12,14,17H,2,4,7,9H2,1H3,(H,15,16)/t12-/m1/s1. The Morgan fingerprint density at radius 3 is 3.18 bits per heavy atom. The Hall–Kier alpha value is -1.39. The van der Waals surface area contributed by atoms with Gasteiger partial charge in [-0.05, 0) is 12.0 Å². The molecule has 0 saturated heterocycles. The van der Waals surface area contributed by atoms with Crippen molar-refractivity contribution in [1.82, 2.24) is 15.5 Å². The Bertz CT molecular complexity index is 466. The number of benzene rings is 1. The molecular formula is C13H19N3O. The first kappa shape index (κ1) is 12.1. The second kappa shape index (κ2) is 5.80. The van der Waals surface area contributed by atoms with Gasteiger partial charge in [-0.3, -0.25) is 5.10 Å². The molecule has 0 amide bonds. The largest absolute Gasteiger partial charge is 0.392 e. The molecule has 92 valence electrons. The molecule has 0 bridgehead atoms. The van der Waals surface area contributed by atoms with Crippen molar-refractivity contribution >= 4 is 10.9 Å². The molecule has 3 N–H and O–H groups in total. The van der Waals surface area contributed by atoms with Crippen LogP contribution in [0.2, 0.25) is 0 Å². The molecule has 1 atom stereocenters.